The van der Waals surface area contributed by atoms with Gasteiger partial charge in [-0.1, -0.05) is 0 Å². The number of esters is 1. The number of carbonyl (C=O) groups is 3. The van der Waals surface area contributed by atoms with Gasteiger partial charge in [0.05, 0.1) is 17.8 Å². The minimum Gasteiger partial charge on any atom is -0.870 e. The maximum Gasteiger partial charge on any atom is 1.00 e. The molecule has 1 aliphatic heterocycles. The number of hydrogen-bond acceptors (Lipinski definition) is 16. The van der Waals surface area contributed by atoms with Crippen LogP contribution >= 0.6 is 15.9 Å². The van der Waals surface area contributed by atoms with Crippen molar-refractivity contribution in [3.63, 3.8) is 0 Å². The molecule has 0 unspecified atom stereocenters. The van der Waals surface area contributed by atoms with Crippen LogP contribution < -0.4 is 24.3 Å². The second-order valence-electron chi connectivity index (χ2n) is 12.0. The molecule has 0 amide bonds. The van der Waals surface area contributed by atoms with E-state index in [-0.39, 0.29) is 65.7 Å². The molecule has 20 heteroatoms. The molecule has 56 heavy (non-hydrogen) atoms. The third-order valence-corrected chi connectivity index (χ3v) is 8.00. The molecule has 0 bridgehead atoms. The first kappa shape index (κ1) is 46.9. The van der Waals surface area contributed by atoms with Crippen LogP contribution in [0.4, 0.5) is 0 Å². The molecular formula is C36H37BBrLiN6O11. The number of aromatic nitrogens is 6. The van der Waals surface area contributed by atoms with Crippen LogP contribution in [0.5, 0.6) is 0 Å². The van der Waals surface area contributed by atoms with Gasteiger partial charge in [-0.25, -0.2) is 24.5 Å². The Labute approximate surface area is 342 Å². The zero-order valence-corrected chi connectivity index (χ0v) is 33.2. The Hall–Kier alpha value is -5.29. The largest absolute Gasteiger partial charge is 1.00 e. The average Bonchev–Trinajstić information content (AvgIpc) is 3.98. The van der Waals surface area contributed by atoms with E-state index in [1.165, 1.54) is 19.5 Å². The molecule has 7 rings (SSSR count). The maximum absolute atomic E-state index is 11.3. The Morgan fingerprint density at radius 3 is 1.52 bits per heavy atom. The Balaban J connectivity index is 0.000000259. The monoisotopic (exact) mass is 826 g/mol. The van der Waals surface area contributed by atoms with Crippen molar-refractivity contribution in [2.24, 2.45) is 0 Å². The van der Waals surface area contributed by atoms with Gasteiger partial charge < -0.3 is 37.9 Å². The Kier molecular flexibility index (Phi) is 18.2. The molecule has 7 heterocycles. The van der Waals surface area contributed by atoms with Crippen LogP contribution in [0.25, 0.3) is 22.9 Å². The Morgan fingerprint density at radius 2 is 1.14 bits per heavy atom. The van der Waals surface area contributed by atoms with Gasteiger partial charge in [-0.05, 0) is 76.5 Å². The van der Waals surface area contributed by atoms with Gasteiger partial charge in [-0.15, -0.1) is 0 Å². The number of rotatable bonds is 7. The predicted molar refractivity (Wildman–Crippen MR) is 198 cm³/mol. The molecule has 6 aromatic heterocycles. The van der Waals surface area contributed by atoms with Gasteiger partial charge in [0, 0.05) is 71.2 Å². The average molecular weight is 827 g/mol. The van der Waals surface area contributed by atoms with Crippen molar-refractivity contribution in [1.82, 2.24) is 29.9 Å². The van der Waals surface area contributed by atoms with Crippen LogP contribution in [0.1, 0.15) is 73.0 Å². The predicted octanol–water partition coefficient (Wildman–Crippen LogP) is 3.20. The molecule has 2 N–H and O–H groups in total. The summed E-state index contributed by atoms with van der Waals surface area (Å²) in [5.74, 6) is -1.01. The van der Waals surface area contributed by atoms with Crippen LogP contribution in [0, 0.1) is 0 Å². The topological polar surface area (TPSA) is 246 Å². The molecular weight excluding hydrogens is 790 g/mol. The molecule has 6 aromatic rings. The molecule has 17 nitrogen and oxygen atoms in total. The van der Waals surface area contributed by atoms with Crippen LogP contribution in [0.3, 0.4) is 0 Å². The number of carboxylic acid groups (broad SMARTS) is 1. The number of carbonyl (C=O) groups excluding carboxylic acids is 2. The standard InChI is InChI=1S/C11H16BNO2.C11H10N2O3.C9H6N2O3.C5H4BrNO2.Li.H2O/c1-10(2)11(3,4)15-12(14-10)9-5-7-13-8-6-9;1-2-15-11(14)9-7-16-10(13-9)8-3-5-12-6-4-8;12-9(13)7-5-14-8(11-7)6-1-3-10-4-2-6;1-3(8)4-2-9-5(6)7-4;;/h5-8H,1-4H3;3-7H,2H2,1H3;1-5H,(H,12,13);2H,1H3;;1H2/q;;;;+1;/p-1. The first-order chi connectivity index (χ1) is 25.7. The summed E-state index contributed by atoms with van der Waals surface area (Å²) in [5, 5.41) is 8.61. The van der Waals surface area contributed by atoms with Gasteiger partial charge in [0.1, 0.15) is 24.5 Å². The number of pyridine rings is 3. The summed E-state index contributed by atoms with van der Waals surface area (Å²) >= 11 is 2.97. The van der Waals surface area contributed by atoms with E-state index in [2.05, 4.69) is 45.8 Å². The van der Waals surface area contributed by atoms with E-state index >= 15 is 0 Å². The summed E-state index contributed by atoms with van der Waals surface area (Å²) in [5.41, 5.74) is 2.36. The van der Waals surface area contributed by atoms with Crippen molar-refractivity contribution in [1.29, 1.82) is 0 Å². The molecule has 1 fully saturated rings. The summed E-state index contributed by atoms with van der Waals surface area (Å²) in [7, 11) is -0.280. The second kappa shape index (κ2) is 21.7. The smallest absolute Gasteiger partial charge is 0.870 e. The molecule has 0 aliphatic carbocycles. The third kappa shape index (κ3) is 13.2. The normalized spacial score (nSPS) is 13.1. The van der Waals surface area contributed by atoms with Gasteiger partial charge in [0.25, 0.3) is 4.80 Å². The number of oxazole rings is 3. The van der Waals surface area contributed by atoms with Crippen molar-refractivity contribution in [2.75, 3.05) is 6.61 Å². The fourth-order valence-electron chi connectivity index (χ4n) is 4.11. The van der Waals surface area contributed by atoms with E-state index < -0.39 is 11.9 Å². The molecule has 0 spiro atoms. The molecule has 1 aliphatic rings. The van der Waals surface area contributed by atoms with Gasteiger partial charge >= 0.3 is 37.9 Å². The summed E-state index contributed by atoms with van der Waals surface area (Å²) in [4.78, 5) is 55.9. The van der Waals surface area contributed by atoms with E-state index in [1.807, 2.05) is 39.8 Å². The Bertz CT molecular complexity index is 2100. The number of aromatic carboxylic acids is 1. The van der Waals surface area contributed by atoms with Gasteiger partial charge in [0.2, 0.25) is 11.8 Å². The summed E-state index contributed by atoms with van der Waals surface area (Å²) < 4.78 is 31.5. The van der Waals surface area contributed by atoms with Gasteiger partial charge in [-0.3, -0.25) is 19.7 Å². The summed E-state index contributed by atoms with van der Waals surface area (Å²) in [6, 6.07) is 10.7. The SMILES string of the molecule is CC(=O)c1coc(Br)n1.CC1(C)OB(c2ccncc2)OC1(C)C.CCOC(=O)c1coc(-c2ccncc2)n1.O=C(O)c1coc(-c2ccncc2)n1.[Li+].[OH-]. The van der Waals surface area contributed by atoms with E-state index in [0.717, 1.165) is 17.3 Å². The molecule has 0 aromatic carbocycles. The van der Waals surface area contributed by atoms with Crippen LogP contribution in [-0.2, 0) is 14.0 Å². The number of carboxylic acids is 1. The first-order valence-corrected chi connectivity index (χ1v) is 17.0. The number of nitrogens with zero attached hydrogens (tertiary/aromatic N) is 6. The quantitative estimate of drug-likeness (QED) is 0.138. The van der Waals surface area contributed by atoms with E-state index in [0.29, 0.717) is 28.6 Å². The third-order valence-electron chi connectivity index (χ3n) is 7.63. The van der Waals surface area contributed by atoms with Gasteiger partial charge in [0.15, 0.2) is 17.2 Å². The molecule has 0 radical (unpaired) electrons. The number of Topliss-reactive ketones (excluding diaryl/α,β-unsaturated/α-hetero) is 1. The Morgan fingerprint density at radius 1 is 0.714 bits per heavy atom. The van der Waals surface area contributed by atoms with Gasteiger partial charge in [-0.2, -0.15) is 0 Å². The fraction of sp³-hybridized carbons (Fsp3) is 0.250. The van der Waals surface area contributed by atoms with Crippen LogP contribution in [-0.4, -0.2) is 83.1 Å². The maximum atomic E-state index is 11.3. The molecule has 288 valence electrons. The minimum atomic E-state index is -1.10. The summed E-state index contributed by atoms with van der Waals surface area (Å²) in [6.45, 7) is 11.7. The van der Waals surface area contributed by atoms with Crippen molar-refractivity contribution in [3.8, 4) is 22.9 Å². The molecule has 0 atom stereocenters. The van der Waals surface area contributed by atoms with Crippen molar-refractivity contribution < 1.29 is 71.1 Å². The number of ketones is 1. The zero-order valence-electron chi connectivity index (χ0n) is 31.6. The van der Waals surface area contributed by atoms with Crippen LogP contribution in [0.15, 0.2) is 110 Å². The second-order valence-corrected chi connectivity index (χ2v) is 12.7. The fourth-order valence-corrected chi connectivity index (χ4v) is 4.40. The van der Waals surface area contributed by atoms with E-state index in [1.54, 1.807) is 68.4 Å². The minimum absolute atomic E-state index is 0. The summed E-state index contributed by atoms with van der Waals surface area (Å²) in [6.07, 6.45) is 13.6. The molecule has 1 saturated heterocycles. The van der Waals surface area contributed by atoms with E-state index in [4.69, 9.17) is 32.4 Å². The first-order valence-electron chi connectivity index (χ1n) is 16.2. The molecule has 0 saturated carbocycles. The van der Waals surface area contributed by atoms with Crippen molar-refractivity contribution >= 4 is 46.2 Å². The zero-order chi connectivity index (χ0) is 39.3. The number of ether oxygens (including phenoxy) is 1. The number of hydrogen-bond donors (Lipinski definition) is 1. The van der Waals surface area contributed by atoms with Crippen molar-refractivity contribution in [2.45, 2.75) is 52.7 Å². The number of halogens is 1. The van der Waals surface area contributed by atoms with E-state index in [9.17, 15) is 14.4 Å². The van der Waals surface area contributed by atoms with Crippen molar-refractivity contribution in [3.05, 3.63) is 114 Å². The van der Waals surface area contributed by atoms with Crippen LogP contribution in [0.2, 0.25) is 0 Å².